The predicted molar refractivity (Wildman–Crippen MR) is 95.8 cm³/mol. The van der Waals surface area contributed by atoms with Gasteiger partial charge in [0.2, 0.25) is 0 Å². The highest BCUT2D eigenvalue weighted by Crippen LogP contribution is 2.29. The molecule has 0 saturated heterocycles. The van der Waals surface area contributed by atoms with Gasteiger partial charge in [0.05, 0.1) is 5.56 Å². The average Bonchev–Trinajstić information content (AvgIpc) is 2.59. The molecule has 0 aliphatic carbocycles. The Morgan fingerprint density at radius 3 is 2.43 bits per heavy atom. The molecular weight excluding hydrogens is 284 g/mol. The fraction of sp³-hybridized carbons (Fsp3) is 0.381. The summed E-state index contributed by atoms with van der Waals surface area (Å²) in [7, 11) is 0. The first-order valence-corrected chi connectivity index (χ1v) is 8.57. The van der Waals surface area contributed by atoms with Gasteiger partial charge in [-0.25, -0.2) is 4.79 Å². The van der Waals surface area contributed by atoms with Crippen molar-refractivity contribution < 1.29 is 9.90 Å². The Balaban J connectivity index is 2.36. The number of hydrogen-bond donors (Lipinski definition) is 1. The molecule has 1 N–H and O–H groups in total. The maximum Gasteiger partial charge on any atom is 0.335 e. The molecule has 1 unspecified atom stereocenters. The van der Waals surface area contributed by atoms with Crippen LogP contribution in [0.4, 0.5) is 0 Å². The minimum Gasteiger partial charge on any atom is -0.478 e. The van der Waals surface area contributed by atoms with Crippen LogP contribution in [0.1, 0.15) is 55.5 Å². The second-order valence-corrected chi connectivity index (χ2v) is 6.16. The number of rotatable bonds is 8. The van der Waals surface area contributed by atoms with Crippen LogP contribution in [-0.2, 0) is 6.42 Å². The largest absolute Gasteiger partial charge is 0.478 e. The highest BCUT2D eigenvalue weighted by atomic mass is 16.4. The maximum atomic E-state index is 11.3. The summed E-state index contributed by atoms with van der Waals surface area (Å²) in [5.74, 6) is -0.242. The van der Waals surface area contributed by atoms with Gasteiger partial charge < -0.3 is 5.11 Å². The zero-order chi connectivity index (χ0) is 16.7. The molecule has 2 aromatic rings. The van der Waals surface area contributed by atoms with Crippen molar-refractivity contribution in [1.29, 1.82) is 0 Å². The second-order valence-electron chi connectivity index (χ2n) is 6.16. The molecule has 2 rings (SSSR count). The molecule has 0 saturated carbocycles. The Morgan fingerprint density at radius 1 is 1.09 bits per heavy atom. The first-order valence-electron chi connectivity index (χ1n) is 8.57. The summed E-state index contributed by atoms with van der Waals surface area (Å²) in [6.07, 6.45) is 5.72. The van der Waals surface area contributed by atoms with E-state index in [1.165, 1.54) is 19.3 Å². The Labute approximate surface area is 139 Å². The molecule has 0 aliphatic rings. The van der Waals surface area contributed by atoms with E-state index in [1.807, 2.05) is 30.3 Å². The zero-order valence-corrected chi connectivity index (χ0v) is 14.1. The van der Waals surface area contributed by atoms with E-state index in [-0.39, 0.29) is 0 Å². The normalized spacial score (nSPS) is 12.1. The van der Waals surface area contributed by atoms with Crippen LogP contribution in [0.5, 0.6) is 0 Å². The number of aromatic carboxylic acids is 1. The van der Waals surface area contributed by atoms with Crippen LogP contribution in [0.15, 0.2) is 48.5 Å². The molecule has 0 aromatic heterocycles. The van der Waals surface area contributed by atoms with Crippen LogP contribution < -0.4 is 0 Å². The Bertz CT molecular complexity index is 632. The Hall–Kier alpha value is -2.09. The fourth-order valence-electron chi connectivity index (χ4n) is 3.05. The Kier molecular flexibility index (Phi) is 6.40. The fourth-order valence-corrected chi connectivity index (χ4v) is 3.05. The van der Waals surface area contributed by atoms with Gasteiger partial charge in [-0.15, -0.1) is 0 Å². The third-order valence-electron chi connectivity index (χ3n) is 4.49. The highest BCUT2D eigenvalue weighted by molar-refractivity contribution is 5.89. The summed E-state index contributed by atoms with van der Waals surface area (Å²) in [4.78, 5) is 11.3. The number of benzene rings is 2. The van der Waals surface area contributed by atoms with E-state index in [2.05, 4.69) is 26.0 Å². The SMILES string of the molecule is CCCCC(CC)Cc1cc(C(=O)O)ccc1-c1ccccc1. The molecule has 0 heterocycles. The molecular formula is C21H26O2. The molecule has 2 heteroatoms. The summed E-state index contributed by atoms with van der Waals surface area (Å²) in [5, 5.41) is 9.30. The molecule has 0 radical (unpaired) electrons. The molecule has 2 nitrogen and oxygen atoms in total. The van der Waals surface area contributed by atoms with Crippen molar-refractivity contribution in [3.63, 3.8) is 0 Å². The van der Waals surface area contributed by atoms with Gasteiger partial charge >= 0.3 is 5.97 Å². The smallest absolute Gasteiger partial charge is 0.335 e. The maximum absolute atomic E-state index is 11.3. The van der Waals surface area contributed by atoms with E-state index in [1.54, 1.807) is 6.07 Å². The topological polar surface area (TPSA) is 37.3 Å². The molecule has 0 bridgehead atoms. The number of carboxylic acids is 1. The Morgan fingerprint density at radius 2 is 1.83 bits per heavy atom. The summed E-state index contributed by atoms with van der Waals surface area (Å²) in [6, 6.07) is 15.8. The minimum absolute atomic E-state index is 0.380. The molecule has 0 spiro atoms. The summed E-state index contributed by atoms with van der Waals surface area (Å²) in [5.41, 5.74) is 3.85. The van der Waals surface area contributed by atoms with Crippen molar-refractivity contribution in [3.05, 3.63) is 59.7 Å². The van der Waals surface area contributed by atoms with Crippen molar-refractivity contribution in [3.8, 4) is 11.1 Å². The van der Waals surface area contributed by atoms with Gasteiger partial charge in [-0.2, -0.15) is 0 Å². The summed E-state index contributed by atoms with van der Waals surface area (Å²) in [6.45, 7) is 4.44. The third kappa shape index (κ3) is 4.69. The molecule has 2 aromatic carbocycles. The summed E-state index contributed by atoms with van der Waals surface area (Å²) >= 11 is 0. The quantitative estimate of drug-likeness (QED) is 0.668. The van der Waals surface area contributed by atoms with Crippen molar-refractivity contribution >= 4 is 5.97 Å². The molecule has 0 amide bonds. The van der Waals surface area contributed by atoms with Crippen LogP contribution in [0.2, 0.25) is 0 Å². The molecule has 0 fully saturated rings. The third-order valence-corrected chi connectivity index (χ3v) is 4.49. The van der Waals surface area contributed by atoms with Crippen molar-refractivity contribution in [2.45, 2.75) is 46.0 Å². The number of hydrogen-bond acceptors (Lipinski definition) is 1. The van der Waals surface area contributed by atoms with Crippen LogP contribution in [-0.4, -0.2) is 11.1 Å². The first kappa shape index (κ1) is 17.3. The molecule has 23 heavy (non-hydrogen) atoms. The van der Waals surface area contributed by atoms with E-state index in [0.717, 1.165) is 29.5 Å². The monoisotopic (exact) mass is 310 g/mol. The summed E-state index contributed by atoms with van der Waals surface area (Å²) < 4.78 is 0. The highest BCUT2D eigenvalue weighted by Gasteiger charge is 2.14. The first-order chi connectivity index (χ1) is 11.2. The van der Waals surface area contributed by atoms with Crippen LogP contribution in [0.3, 0.4) is 0 Å². The average molecular weight is 310 g/mol. The zero-order valence-electron chi connectivity index (χ0n) is 14.1. The van der Waals surface area contributed by atoms with Gasteiger partial charge in [-0.05, 0) is 41.2 Å². The van der Waals surface area contributed by atoms with E-state index < -0.39 is 5.97 Å². The number of carbonyl (C=O) groups is 1. The lowest BCUT2D eigenvalue weighted by Gasteiger charge is -2.18. The second kappa shape index (κ2) is 8.52. The molecule has 122 valence electrons. The van der Waals surface area contributed by atoms with Gasteiger partial charge in [-0.1, -0.05) is 75.9 Å². The van der Waals surface area contributed by atoms with E-state index in [4.69, 9.17) is 0 Å². The van der Waals surface area contributed by atoms with Gasteiger partial charge in [-0.3, -0.25) is 0 Å². The number of unbranched alkanes of at least 4 members (excludes halogenated alkanes) is 1. The van der Waals surface area contributed by atoms with Crippen molar-refractivity contribution in [1.82, 2.24) is 0 Å². The number of carboxylic acid groups (broad SMARTS) is 1. The van der Waals surface area contributed by atoms with Gasteiger partial charge in [0.25, 0.3) is 0 Å². The van der Waals surface area contributed by atoms with Crippen LogP contribution in [0.25, 0.3) is 11.1 Å². The van der Waals surface area contributed by atoms with E-state index >= 15 is 0 Å². The van der Waals surface area contributed by atoms with Crippen molar-refractivity contribution in [2.75, 3.05) is 0 Å². The van der Waals surface area contributed by atoms with E-state index in [9.17, 15) is 9.90 Å². The van der Waals surface area contributed by atoms with Crippen LogP contribution >= 0.6 is 0 Å². The minimum atomic E-state index is -0.854. The lowest BCUT2D eigenvalue weighted by Crippen LogP contribution is -2.06. The van der Waals surface area contributed by atoms with Gasteiger partial charge in [0, 0.05) is 0 Å². The lowest BCUT2D eigenvalue weighted by atomic mass is 9.87. The standard InChI is InChI=1S/C21H26O2/c1-3-5-9-16(4-2)14-19-15-18(21(22)23)12-13-20(19)17-10-7-6-8-11-17/h6-8,10-13,15-16H,3-5,9,14H2,1-2H3,(H,22,23). The van der Waals surface area contributed by atoms with Gasteiger partial charge in [0.15, 0.2) is 0 Å². The molecule has 0 aliphatic heterocycles. The van der Waals surface area contributed by atoms with Crippen molar-refractivity contribution in [2.24, 2.45) is 5.92 Å². The predicted octanol–water partition coefficient (Wildman–Crippen LogP) is 5.81. The van der Waals surface area contributed by atoms with Gasteiger partial charge in [0.1, 0.15) is 0 Å². The van der Waals surface area contributed by atoms with Crippen LogP contribution in [0, 0.1) is 5.92 Å². The molecule has 1 atom stereocenters. The van der Waals surface area contributed by atoms with E-state index in [0.29, 0.717) is 11.5 Å². The lowest BCUT2D eigenvalue weighted by molar-refractivity contribution is 0.0696.